The highest BCUT2D eigenvalue weighted by Crippen LogP contribution is 2.26. The number of aryl methyl sites for hydroxylation is 1. The minimum atomic E-state index is 0.176. The molecule has 0 N–H and O–H groups in total. The summed E-state index contributed by atoms with van der Waals surface area (Å²) in [5.74, 6) is 2.05. The van der Waals surface area contributed by atoms with Crippen molar-refractivity contribution in [2.75, 3.05) is 5.75 Å². The lowest BCUT2D eigenvalue weighted by Gasteiger charge is -2.39. The molecule has 2 unspecified atom stereocenters. The van der Waals surface area contributed by atoms with Crippen LogP contribution in [0.1, 0.15) is 51.4 Å². The maximum Gasteiger partial charge on any atom is 0.233 e. The molecule has 1 aromatic heterocycles. The van der Waals surface area contributed by atoms with Gasteiger partial charge in [0.25, 0.3) is 0 Å². The highest BCUT2D eigenvalue weighted by atomic mass is 35.5. The van der Waals surface area contributed by atoms with E-state index in [0.717, 1.165) is 46.7 Å². The van der Waals surface area contributed by atoms with E-state index in [4.69, 9.17) is 16.3 Å². The summed E-state index contributed by atoms with van der Waals surface area (Å²) in [6, 6.07) is 6.19. The highest BCUT2D eigenvalue weighted by Gasteiger charge is 2.29. The van der Waals surface area contributed by atoms with Crippen molar-refractivity contribution in [3.8, 4) is 5.75 Å². The van der Waals surface area contributed by atoms with Crippen molar-refractivity contribution in [1.29, 1.82) is 0 Å². The molecule has 0 aliphatic carbocycles. The molecule has 6 nitrogen and oxygen atoms in total. The summed E-state index contributed by atoms with van der Waals surface area (Å²) in [5.41, 5.74) is 0.969. The highest BCUT2D eigenvalue weighted by molar-refractivity contribution is 7.99. The number of piperidine rings is 1. The molecule has 3 rings (SSSR count). The Morgan fingerprint density at radius 2 is 2.00 bits per heavy atom. The number of rotatable bonds is 7. The zero-order valence-electron chi connectivity index (χ0n) is 17.5. The number of thioether (sulfide) groups is 1. The first kappa shape index (κ1) is 22.0. The first-order valence-electron chi connectivity index (χ1n) is 10.2. The number of ether oxygens (including phenoxy) is 1. The van der Waals surface area contributed by atoms with Crippen LogP contribution in [-0.2, 0) is 17.9 Å². The summed E-state index contributed by atoms with van der Waals surface area (Å²) < 4.78 is 7.87. The molecule has 1 aliphatic heterocycles. The summed E-state index contributed by atoms with van der Waals surface area (Å²) in [4.78, 5) is 14.8. The van der Waals surface area contributed by atoms with Crippen molar-refractivity contribution in [3.63, 3.8) is 0 Å². The number of benzene rings is 1. The van der Waals surface area contributed by atoms with Crippen molar-refractivity contribution >= 4 is 29.3 Å². The largest absolute Gasteiger partial charge is 0.486 e. The van der Waals surface area contributed by atoms with Crippen LogP contribution in [0.4, 0.5) is 0 Å². The standard InChI is InChI=1S/C21H29ClN4O2S/c1-5-25-19(12-28-17-9-10-18(22)14(2)11-17)23-24-21(25)29-13-20(27)26-15(3)7-6-8-16(26)4/h9-11,15-16H,5-8,12-13H2,1-4H3. The van der Waals surface area contributed by atoms with Gasteiger partial charge in [-0.05, 0) is 70.7 Å². The molecule has 0 bridgehead atoms. The lowest BCUT2D eigenvalue weighted by molar-refractivity contribution is -0.134. The van der Waals surface area contributed by atoms with E-state index < -0.39 is 0 Å². The van der Waals surface area contributed by atoms with Crippen molar-refractivity contribution in [2.45, 2.75) is 77.3 Å². The average Bonchev–Trinajstić information content (AvgIpc) is 3.09. The summed E-state index contributed by atoms with van der Waals surface area (Å²) >= 11 is 7.52. The normalized spacial score (nSPS) is 19.4. The Labute approximate surface area is 182 Å². The maximum atomic E-state index is 12.8. The van der Waals surface area contributed by atoms with E-state index in [1.54, 1.807) is 0 Å². The average molecular weight is 437 g/mol. The molecule has 0 saturated carbocycles. The van der Waals surface area contributed by atoms with Crippen LogP contribution in [0.25, 0.3) is 0 Å². The van der Waals surface area contributed by atoms with Crippen LogP contribution in [-0.4, -0.2) is 43.4 Å². The minimum Gasteiger partial charge on any atom is -0.486 e. The van der Waals surface area contributed by atoms with Crippen LogP contribution in [0, 0.1) is 6.92 Å². The predicted octanol–water partition coefficient (Wildman–Crippen LogP) is 4.72. The molecule has 158 valence electrons. The van der Waals surface area contributed by atoms with Gasteiger partial charge in [-0.2, -0.15) is 0 Å². The number of likely N-dealkylation sites (tertiary alicyclic amines) is 1. The van der Waals surface area contributed by atoms with Crippen LogP contribution < -0.4 is 4.74 Å². The third kappa shape index (κ3) is 5.25. The molecule has 1 aromatic carbocycles. The van der Waals surface area contributed by atoms with Gasteiger partial charge in [-0.1, -0.05) is 23.4 Å². The van der Waals surface area contributed by atoms with Gasteiger partial charge in [0.05, 0.1) is 5.75 Å². The molecule has 2 heterocycles. The molecule has 1 amide bonds. The maximum absolute atomic E-state index is 12.8. The quantitative estimate of drug-likeness (QED) is 0.587. The van der Waals surface area contributed by atoms with Gasteiger partial charge in [-0.15, -0.1) is 10.2 Å². The van der Waals surface area contributed by atoms with Crippen LogP contribution in [0.15, 0.2) is 23.4 Å². The van der Waals surface area contributed by atoms with E-state index in [9.17, 15) is 4.79 Å². The van der Waals surface area contributed by atoms with Gasteiger partial charge in [-0.25, -0.2) is 0 Å². The summed E-state index contributed by atoms with van der Waals surface area (Å²) in [6.07, 6.45) is 3.36. The topological polar surface area (TPSA) is 60.2 Å². The number of halogens is 1. The van der Waals surface area contributed by atoms with Crippen LogP contribution in [0.2, 0.25) is 5.02 Å². The Bertz CT molecular complexity index is 847. The predicted molar refractivity (Wildman–Crippen MR) is 117 cm³/mol. The van der Waals surface area contributed by atoms with Gasteiger partial charge in [-0.3, -0.25) is 4.79 Å². The molecular formula is C21H29ClN4O2S. The molecule has 1 aliphatic rings. The van der Waals surface area contributed by atoms with Crippen molar-refractivity contribution in [3.05, 3.63) is 34.6 Å². The third-order valence-electron chi connectivity index (χ3n) is 5.41. The lowest BCUT2D eigenvalue weighted by atomic mass is 9.98. The van der Waals surface area contributed by atoms with Crippen LogP contribution in [0.5, 0.6) is 5.75 Å². The summed E-state index contributed by atoms with van der Waals surface area (Å²) in [6.45, 7) is 9.30. The second-order valence-corrected chi connectivity index (χ2v) is 8.91. The summed E-state index contributed by atoms with van der Waals surface area (Å²) in [5, 5.41) is 10.0. The van der Waals surface area contributed by atoms with E-state index in [1.165, 1.54) is 18.2 Å². The molecule has 8 heteroatoms. The molecular weight excluding hydrogens is 408 g/mol. The van der Waals surface area contributed by atoms with E-state index in [2.05, 4.69) is 24.0 Å². The lowest BCUT2D eigenvalue weighted by Crippen LogP contribution is -2.48. The Hall–Kier alpha value is -1.73. The zero-order valence-corrected chi connectivity index (χ0v) is 19.1. The fourth-order valence-corrected chi connectivity index (χ4v) is 4.83. The van der Waals surface area contributed by atoms with Gasteiger partial charge in [0, 0.05) is 23.7 Å². The molecule has 2 atom stereocenters. The summed E-state index contributed by atoms with van der Waals surface area (Å²) in [7, 11) is 0. The number of nitrogens with zero attached hydrogens (tertiary/aromatic N) is 4. The van der Waals surface area contributed by atoms with E-state index in [1.807, 2.05) is 41.5 Å². The minimum absolute atomic E-state index is 0.176. The number of hydrogen-bond donors (Lipinski definition) is 0. The molecule has 1 saturated heterocycles. The van der Waals surface area contributed by atoms with E-state index in [0.29, 0.717) is 24.4 Å². The molecule has 2 aromatic rings. The molecule has 1 fully saturated rings. The Kier molecular flexibility index (Phi) is 7.46. The first-order valence-corrected chi connectivity index (χ1v) is 11.5. The van der Waals surface area contributed by atoms with Crippen LogP contribution in [0.3, 0.4) is 0 Å². The Balaban J connectivity index is 1.61. The van der Waals surface area contributed by atoms with Gasteiger partial charge in [0.2, 0.25) is 5.91 Å². The SMILES string of the molecule is CCn1c(COc2ccc(Cl)c(C)c2)nnc1SCC(=O)N1C(C)CCCC1C. The third-order valence-corrected chi connectivity index (χ3v) is 6.79. The fraction of sp³-hybridized carbons (Fsp3) is 0.571. The van der Waals surface area contributed by atoms with Crippen molar-refractivity contribution < 1.29 is 9.53 Å². The molecule has 0 radical (unpaired) electrons. The monoisotopic (exact) mass is 436 g/mol. The van der Waals surface area contributed by atoms with Gasteiger partial charge < -0.3 is 14.2 Å². The molecule has 0 spiro atoms. The van der Waals surface area contributed by atoms with E-state index in [-0.39, 0.29) is 5.91 Å². The number of carbonyl (C=O) groups is 1. The second-order valence-electron chi connectivity index (χ2n) is 7.56. The smallest absolute Gasteiger partial charge is 0.233 e. The molecule has 29 heavy (non-hydrogen) atoms. The number of aromatic nitrogens is 3. The Morgan fingerprint density at radius 1 is 1.28 bits per heavy atom. The fourth-order valence-electron chi connectivity index (χ4n) is 3.82. The van der Waals surface area contributed by atoms with E-state index >= 15 is 0 Å². The number of hydrogen-bond acceptors (Lipinski definition) is 5. The van der Waals surface area contributed by atoms with Gasteiger partial charge in [0.1, 0.15) is 12.4 Å². The first-order chi connectivity index (χ1) is 13.9. The second kappa shape index (κ2) is 9.85. The van der Waals surface area contributed by atoms with Gasteiger partial charge in [0.15, 0.2) is 11.0 Å². The van der Waals surface area contributed by atoms with Crippen LogP contribution >= 0.6 is 23.4 Å². The number of carbonyl (C=O) groups excluding carboxylic acids is 1. The van der Waals surface area contributed by atoms with Crippen molar-refractivity contribution in [1.82, 2.24) is 19.7 Å². The Morgan fingerprint density at radius 3 is 2.66 bits per heavy atom. The number of amides is 1. The zero-order chi connectivity index (χ0) is 21.0. The van der Waals surface area contributed by atoms with Gasteiger partial charge >= 0.3 is 0 Å². The van der Waals surface area contributed by atoms with Crippen molar-refractivity contribution in [2.24, 2.45) is 0 Å².